The van der Waals surface area contributed by atoms with E-state index in [9.17, 15) is 14.0 Å². The molecule has 3 rings (SSSR count). The second-order valence-electron chi connectivity index (χ2n) is 6.59. The van der Waals surface area contributed by atoms with E-state index in [4.69, 9.17) is 4.74 Å². The summed E-state index contributed by atoms with van der Waals surface area (Å²) in [6, 6.07) is 4.41. The first-order valence-electron chi connectivity index (χ1n) is 8.44. The number of rotatable bonds is 4. The van der Waals surface area contributed by atoms with Crippen molar-refractivity contribution in [2.24, 2.45) is 7.05 Å². The van der Waals surface area contributed by atoms with E-state index in [1.165, 1.54) is 40.3 Å². The van der Waals surface area contributed by atoms with E-state index in [2.05, 4.69) is 4.98 Å². The monoisotopic (exact) mass is 372 g/mol. The Morgan fingerprint density at radius 3 is 2.59 bits per heavy atom. The van der Waals surface area contributed by atoms with Crippen LogP contribution in [0.3, 0.4) is 0 Å². The highest BCUT2D eigenvalue weighted by Crippen LogP contribution is 2.25. The number of ether oxygens (including phenoxy) is 1. The van der Waals surface area contributed by atoms with Gasteiger partial charge in [0, 0.05) is 44.2 Å². The molecule has 0 aliphatic carbocycles. The third-order valence-electron chi connectivity index (χ3n) is 4.62. The van der Waals surface area contributed by atoms with Crippen LogP contribution < -0.4 is 10.3 Å². The molecule has 142 valence electrons. The number of nitrogens with zero attached hydrogens (tertiary/aromatic N) is 4. The Balaban J connectivity index is 2.16. The molecule has 0 bridgehead atoms. The molecule has 0 radical (unpaired) electrons. The number of aromatic nitrogens is 3. The van der Waals surface area contributed by atoms with E-state index in [-0.39, 0.29) is 28.9 Å². The maximum atomic E-state index is 14.5. The normalized spacial score (nSPS) is 11.2. The molecule has 7 nitrogen and oxygen atoms in total. The van der Waals surface area contributed by atoms with Crippen molar-refractivity contribution in [2.45, 2.75) is 19.9 Å². The van der Waals surface area contributed by atoms with E-state index in [1.54, 1.807) is 25.4 Å². The molecule has 27 heavy (non-hydrogen) atoms. The molecule has 0 saturated carbocycles. The van der Waals surface area contributed by atoms with Gasteiger partial charge in [-0.15, -0.1) is 0 Å². The maximum absolute atomic E-state index is 14.5. The molecular weight excluding hydrogens is 351 g/mol. The summed E-state index contributed by atoms with van der Waals surface area (Å²) >= 11 is 0. The zero-order valence-corrected chi connectivity index (χ0v) is 15.9. The number of fused-ring (bicyclic) bond motifs is 1. The number of amides is 1. The molecular formula is C19H21FN4O3. The molecule has 0 N–H and O–H groups in total. The molecule has 0 spiro atoms. The lowest BCUT2D eigenvalue weighted by atomic mass is 10.1. The van der Waals surface area contributed by atoms with Crippen LogP contribution in [-0.4, -0.2) is 45.0 Å². The fourth-order valence-corrected chi connectivity index (χ4v) is 2.73. The molecule has 3 aromatic rings. The average molecular weight is 372 g/mol. The van der Waals surface area contributed by atoms with Gasteiger partial charge in [-0.25, -0.2) is 9.37 Å². The Morgan fingerprint density at radius 2 is 2.00 bits per heavy atom. The molecule has 2 heterocycles. The van der Waals surface area contributed by atoms with Crippen LogP contribution in [0, 0.1) is 5.82 Å². The van der Waals surface area contributed by atoms with Gasteiger partial charge in [-0.2, -0.15) is 0 Å². The van der Waals surface area contributed by atoms with Gasteiger partial charge in [-0.3, -0.25) is 14.0 Å². The second-order valence-corrected chi connectivity index (χ2v) is 6.59. The van der Waals surface area contributed by atoms with Crippen LogP contribution in [0.25, 0.3) is 16.9 Å². The summed E-state index contributed by atoms with van der Waals surface area (Å²) in [5.74, 6) is -0.415. The number of imidazole rings is 1. The highest BCUT2D eigenvalue weighted by molar-refractivity contribution is 5.93. The van der Waals surface area contributed by atoms with E-state index in [0.717, 1.165) is 0 Å². The standard InChI is InChI=1S/C19H21FN4O3/c1-11(2)22(3)18(25)15-9-24-10-16(23(4)19(26)17(24)21-15)13-7-6-12(27-5)8-14(13)20/h6-11H,1-5H3. The summed E-state index contributed by atoms with van der Waals surface area (Å²) < 4.78 is 22.3. The minimum Gasteiger partial charge on any atom is -0.497 e. The first-order chi connectivity index (χ1) is 12.7. The predicted octanol–water partition coefficient (Wildman–Crippen LogP) is 2.33. The van der Waals surface area contributed by atoms with Crippen LogP contribution in [0.2, 0.25) is 0 Å². The van der Waals surface area contributed by atoms with Gasteiger partial charge < -0.3 is 14.2 Å². The Hall–Kier alpha value is -3.16. The average Bonchev–Trinajstić information content (AvgIpc) is 3.07. The highest BCUT2D eigenvalue weighted by atomic mass is 19.1. The van der Waals surface area contributed by atoms with Crippen molar-refractivity contribution in [3.63, 3.8) is 0 Å². The Bertz CT molecular complexity index is 1080. The molecule has 0 aliphatic heterocycles. The van der Waals surface area contributed by atoms with Crippen molar-refractivity contribution in [3.8, 4) is 17.0 Å². The smallest absolute Gasteiger partial charge is 0.294 e. The fraction of sp³-hybridized carbons (Fsp3) is 0.316. The van der Waals surface area contributed by atoms with Gasteiger partial charge in [0.15, 0.2) is 0 Å². The zero-order valence-electron chi connectivity index (χ0n) is 15.9. The summed E-state index contributed by atoms with van der Waals surface area (Å²) in [7, 11) is 4.67. The SMILES string of the molecule is COc1ccc(-c2cn3cc(C(=O)N(C)C(C)C)nc3c(=O)n2C)c(F)c1. The quantitative estimate of drug-likeness (QED) is 0.705. The van der Waals surface area contributed by atoms with Gasteiger partial charge in [0.05, 0.1) is 12.8 Å². The van der Waals surface area contributed by atoms with Crippen LogP contribution in [0.1, 0.15) is 24.3 Å². The van der Waals surface area contributed by atoms with E-state index >= 15 is 0 Å². The van der Waals surface area contributed by atoms with Crippen LogP contribution >= 0.6 is 0 Å². The third kappa shape index (κ3) is 3.18. The molecule has 1 amide bonds. The fourth-order valence-electron chi connectivity index (χ4n) is 2.73. The number of carbonyl (C=O) groups excluding carboxylic acids is 1. The number of benzene rings is 1. The second kappa shape index (κ2) is 6.86. The third-order valence-corrected chi connectivity index (χ3v) is 4.62. The number of hydrogen-bond acceptors (Lipinski definition) is 4. The zero-order chi connectivity index (χ0) is 19.9. The Morgan fingerprint density at radius 1 is 1.30 bits per heavy atom. The van der Waals surface area contributed by atoms with E-state index in [0.29, 0.717) is 11.4 Å². The Labute approximate surface area is 155 Å². The van der Waals surface area contributed by atoms with Crippen LogP contribution in [0.15, 0.2) is 35.4 Å². The van der Waals surface area contributed by atoms with Crippen molar-refractivity contribution in [1.29, 1.82) is 0 Å². The number of hydrogen-bond donors (Lipinski definition) is 0. The van der Waals surface area contributed by atoms with Gasteiger partial charge in [-0.1, -0.05) is 0 Å². The summed E-state index contributed by atoms with van der Waals surface area (Å²) in [6.45, 7) is 3.77. The molecule has 2 aromatic heterocycles. The van der Waals surface area contributed by atoms with Crippen LogP contribution in [0.5, 0.6) is 5.75 Å². The molecule has 0 unspecified atom stereocenters. The summed E-state index contributed by atoms with van der Waals surface area (Å²) in [5.41, 5.74) is 0.458. The van der Waals surface area contributed by atoms with Gasteiger partial charge in [0.25, 0.3) is 11.5 Å². The van der Waals surface area contributed by atoms with E-state index in [1.807, 2.05) is 13.8 Å². The number of carbonyl (C=O) groups is 1. The lowest BCUT2D eigenvalue weighted by molar-refractivity contribution is 0.0749. The Kier molecular flexibility index (Phi) is 4.73. The molecule has 0 aliphatic rings. The molecule has 0 saturated heterocycles. The first kappa shape index (κ1) is 18.6. The first-order valence-corrected chi connectivity index (χ1v) is 8.44. The number of halogens is 1. The van der Waals surface area contributed by atoms with Crippen LogP contribution in [0.4, 0.5) is 4.39 Å². The minimum absolute atomic E-state index is 0.00546. The lowest BCUT2D eigenvalue weighted by Gasteiger charge is -2.19. The largest absolute Gasteiger partial charge is 0.497 e. The summed E-state index contributed by atoms with van der Waals surface area (Å²) in [5, 5.41) is 0. The summed E-state index contributed by atoms with van der Waals surface area (Å²) in [6.07, 6.45) is 3.07. The predicted molar refractivity (Wildman–Crippen MR) is 99.6 cm³/mol. The highest BCUT2D eigenvalue weighted by Gasteiger charge is 2.20. The van der Waals surface area contributed by atoms with Crippen molar-refractivity contribution in [1.82, 2.24) is 18.9 Å². The van der Waals surface area contributed by atoms with Crippen molar-refractivity contribution >= 4 is 11.6 Å². The van der Waals surface area contributed by atoms with Gasteiger partial charge in [-0.05, 0) is 26.0 Å². The minimum atomic E-state index is -0.514. The van der Waals surface area contributed by atoms with E-state index < -0.39 is 11.4 Å². The van der Waals surface area contributed by atoms with Crippen molar-refractivity contribution in [2.75, 3.05) is 14.2 Å². The molecule has 0 fully saturated rings. The van der Waals surface area contributed by atoms with Gasteiger partial charge in [0.1, 0.15) is 17.3 Å². The molecule has 8 heteroatoms. The molecule has 0 atom stereocenters. The van der Waals surface area contributed by atoms with Crippen molar-refractivity contribution < 1.29 is 13.9 Å². The van der Waals surface area contributed by atoms with Gasteiger partial charge >= 0.3 is 0 Å². The molecule has 1 aromatic carbocycles. The lowest BCUT2D eigenvalue weighted by Crippen LogP contribution is -2.33. The van der Waals surface area contributed by atoms with Crippen molar-refractivity contribution in [3.05, 3.63) is 52.5 Å². The summed E-state index contributed by atoms with van der Waals surface area (Å²) in [4.78, 5) is 30.9. The topological polar surface area (TPSA) is 68.8 Å². The van der Waals surface area contributed by atoms with Gasteiger partial charge in [0.2, 0.25) is 5.65 Å². The van der Waals surface area contributed by atoms with Crippen LogP contribution in [-0.2, 0) is 7.05 Å². The number of methoxy groups -OCH3 is 1. The maximum Gasteiger partial charge on any atom is 0.294 e.